The highest BCUT2D eigenvalue weighted by molar-refractivity contribution is 7.92. The number of nitrogens with zero attached hydrogens (tertiary/aromatic N) is 1. The molecule has 1 aliphatic heterocycles. The van der Waals surface area contributed by atoms with E-state index >= 15 is 0 Å². The average molecular weight is 437 g/mol. The van der Waals surface area contributed by atoms with E-state index in [9.17, 15) is 13.2 Å². The lowest BCUT2D eigenvalue weighted by molar-refractivity contribution is -0.116. The van der Waals surface area contributed by atoms with Gasteiger partial charge in [-0.2, -0.15) is 0 Å². The van der Waals surface area contributed by atoms with Gasteiger partial charge in [-0.15, -0.1) is 11.3 Å². The molecule has 0 radical (unpaired) electrons. The van der Waals surface area contributed by atoms with Crippen molar-refractivity contribution in [3.05, 3.63) is 88.3 Å². The number of hydrogen-bond acceptors (Lipinski definition) is 5. The summed E-state index contributed by atoms with van der Waals surface area (Å²) < 4.78 is 29.3. The van der Waals surface area contributed by atoms with Crippen LogP contribution in [-0.2, 0) is 14.8 Å². The van der Waals surface area contributed by atoms with Gasteiger partial charge in [0.25, 0.3) is 10.0 Å². The molecule has 5 rings (SSSR count). The van der Waals surface area contributed by atoms with Gasteiger partial charge < -0.3 is 5.32 Å². The van der Waals surface area contributed by atoms with Gasteiger partial charge in [-0.05, 0) is 48.6 Å². The quantitative estimate of drug-likeness (QED) is 0.619. The molecule has 1 atom stereocenters. The van der Waals surface area contributed by atoms with Crippen LogP contribution >= 0.6 is 11.3 Å². The van der Waals surface area contributed by atoms with E-state index in [4.69, 9.17) is 0 Å². The fourth-order valence-electron chi connectivity index (χ4n) is 4.18. The maximum Gasteiger partial charge on any atom is 0.265 e. The molecule has 0 amide bonds. The maximum atomic E-state index is 14.0. The molecular weight excluding hydrogens is 416 g/mol. The van der Waals surface area contributed by atoms with E-state index in [1.54, 1.807) is 36.4 Å². The van der Waals surface area contributed by atoms with E-state index in [2.05, 4.69) is 5.32 Å². The fourth-order valence-corrected chi connectivity index (χ4v) is 6.71. The highest BCUT2D eigenvalue weighted by Gasteiger charge is 2.42. The van der Waals surface area contributed by atoms with E-state index in [1.807, 2.05) is 35.7 Å². The molecule has 5 nitrogen and oxygen atoms in total. The van der Waals surface area contributed by atoms with Crippen molar-refractivity contribution in [3.63, 3.8) is 0 Å². The lowest BCUT2D eigenvalue weighted by Crippen LogP contribution is -2.37. The van der Waals surface area contributed by atoms with Crippen molar-refractivity contribution in [2.24, 2.45) is 0 Å². The summed E-state index contributed by atoms with van der Waals surface area (Å²) in [4.78, 5) is 14.2. The van der Waals surface area contributed by atoms with Crippen LogP contribution in [0.5, 0.6) is 0 Å². The Morgan fingerprint density at radius 2 is 1.70 bits per heavy atom. The number of Topliss-reactive ketones (excluding diaryl/α,β-unsaturated/α-hetero) is 1. The number of carbonyl (C=O) groups is 1. The number of nitrogens with one attached hydrogen (secondary N) is 1. The number of allylic oxidation sites excluding steroid dienone is 1. The molecule has 1 N–H and O–H groups in total. The fraction of sp³-hybridized carbons (Fsp3) is 0.174. The number of carbonyl (C=O) groups excluding carboxylic acids is 1. The molecule has 2 heterocycles. The van der Waals surface area contributed by atoms with Crippen molar-refractivity contribution in [1.29, 1.82) is 0 Å². The van der Waals surface area contributed by atoms with Gasteiger partial charge in [0.1, 0.15) is 6.04 Å². The van der Waals surface area contributed by atoms with E-state index in [-0.39, 0.29) is 10.7 Å². The Hall–Kier alpha value is -2.90. The first-order valence-electron chi connectivity index (χ1n) is 9.82. The molecule has 152 valence electrons. The Balaban J connectivity index is 1.83. The van der Waals surface area contributed by atoms with Crippen LogP contribution in [0.3, 0.4) is 0 Å². The Morgan fingerprint density at radius 3 is 2.47 bits per heavy atom. The summed E-state index contributed by atoms with van der Waals surface area (Å²) in [5.74, 6) is 0.00298. The third-order valence-electron chi connectivity index (χ3n) is 5.50. The van der Waals surface area contributed by atoms with Crippen LogP contribution in [0.15, 0.2) is 88.3 Å². The van der Waals surface area contributed by atoms with Gasteiger partial charge in [0.05, 0.1) is 16.3 Å². The average Bonchev–Trinajstić information content (AvgIpc) is 3.23. The molecule has 30 heavy (non-hydrogen) atoms. The van der Waals surface area contributed by atoms with Crippen molar-refractivity contribution in [3.8, 4) is 0 Å². The maximum absolute atomic E-state index is 14.0. The molecule has 3 aromatic rings. The van der Waals surface area contributed by atoms with E-state index in [0.29, 0.717) is 23.4 Å². The molecule has 0 bridgehead atoms. The minimum Gasteiger partial charge on any atom is -0.357 e. The second-order valence-electron chi connectivity index (χ2n) is 7.34. The second-order valence-corrected chi connectivity index (χ2v) is 10.1. The minimum absolute atomic E-state index is 0.00298. The van der Waals surface area contributed by atoms with E-state index in [0.717, 1.165) is 23.4 Å². The summed E-state index contributed by atoms with van der Waals surface area (Å²) in [5, 5.41) is 5.31. The zero-order valence-corrected chi connectivity index (χ0v) is 17.7. The molecule has 2 aromatic carbocycles. The molecule has 1 aliphatic carbocycles. The Bertz CT molecular complexity index is 1230. The van der Waals surface area contributed by atoms with Crippen LogP contribution in [-0.4, -0.2) is 14.2 Å². The number of thiophene rings is 1. The molecule has 1 aromatic heterocycles. The zero-order chi connectivity index (χ0) is 20.7. The summed E-state index contributed by atoms with van der Waals surface area (Å²) in [6, 6.07) is 18.9. The number of para-hydroxylation sites is 2. The molecule has 0 saturated heterocycles. The summed E-state index contributed by atoms with van der Waals surface area (Å²) in [6.07, 6.45) is 1.91. The van der Waals surface area contributed by atoms with Crippen LogP contribution in [0.25, 0.3) is 0 Å². The molecule has 2 aliphatic rings. The Kier molecular flexibility index (Phi) is 4.72. The van der Waals surface area contributed by atoms with Gasteiger partial charge in [0.2, 0.25) is 0 Å². The first kappa shape index (κ1) is 19.1. The number of anilines is 2. The Labute approximate surface area is 179 Å². The first-order chi connectivity index (χ1) is 14.6. The van der Waals surface area contributed by atoms with Gasteiger partial charge in [0, 0.05) is 22.6 Å². The smallest absolute Gasteiger partial charge is 0.265 e. The standard InChI is InChI=1S/C23H20N2O3S2/c26-20-13-6-11-18-22(20)23(21-14-7-15-29-21)25(19-12-5-4-10-17(19)24-18)30(27,28)16-8-2-1-3-9-16/h1-5,7-10,12,14-15,23-24H,6,11,13H2. The largest absolute Gasteiger partial charge is 0.357 e. The SMILES string of the molecule is O=C1CCCC2=C1C(c1cccs1)N(S(=O)(=O)c1ccccc1)c1ccccc1N2. The molecule has 0 fully saturated rings. The third-order valence-corrected chi connectivity index (χ3v) is 8.22. The van der Waals surface area contributed by atoms with Crippen LogP contribution in [0.2, 0.25) is 0 Å². The first-order valence-corrected chi connectivity index (χ1v) is 12.1. The van der Waals surface area contributed by atoms with Crippen molar-refractivity contribution in [2.45, 2.75) is 30.2 Å². The molecular formula is C23H20N2O3S2. The number of fused-ring (bicyclic) bond motifs is 1. The van der Waals surface area contributed by atoms with E-state index in [1.165, 1.54) is 15.6 Å². The molecule has 0 saturated carbocycles. The summed E-state index contributed by atoms with van der Waals surface area (Å²) in [7, 11) is -3.93. The molecule has 1 unspecified atom stereocenters. The normalized spacial score (nSPS) is 19.0. The summed E-state index contributed by atoms with van der Waals surface area (Å²) in [5.41, 5.74) is 2.61. The van der Waals surface area contributed by atoms with Crippen LogP contribution in [0.1, 0.15) is 30.2 Å². The van der Waals surface area contributed by atoms with Crippen LogP contribution < -0.4 is 9.62 Å². The molecule has 7 heteroatoms. The number of rotatable bonds is 3. The lowest BCUT2D eigenvalue weighted by atomic mass is 9.89. The second kappa shape index (κ2) is 7.41. The van der Waals surface area contributed by atoms with Gasteiger partial charge in [0.15, 0.2) is 5.78 Å². The number of ketones is 1. The van der Waals surface area contributed by atoms with Crippen LogP contribution in [0, 0.1) is 0 Å². The van der Waals surface area contributed by atoms with Gasteiger partial charge >= 0.3 is 0 Å². The monoisotopic (exact) mass is 436 g/mol. The highest BCUT2D eigenvalue weighted by Crippen LogP contribution is 2.47. The van der Waals surface area contributed by atoms with Gasteiger partial charge in [-0.25, -0.2) is 8.42 Å². The Morgan fingerprint density at radius 1 is 0.933 bits per heavy atom. The third kappa shape index (κ3) is 3.05. The predicted octanol–water partition coefficient (Wildman–Crippen LogP) is 5.12. The zero-order valence-electron chi connectivity index (χ0n) is 16.1. The highest BCUT2D eigenvalue weighted by atomic mass is 32.2. The van der Waals surface area contributed by atoms with Crippen molar-refractivity contribution < 1.29 is 13.2 Å². The summed E-state index contributed by atoms with van der Waals surface area (Å²) in [6.45, 7) is 0. The van der Waals surface area contributed by atoms with Gasteiger partial charge in [-0.3, -0.25) is 9.10 Å². The predicted molar refractivity (Wildman–Crippen MR) is 119 cm³/mol. The minimum atomic E-state index is -3.93. The van der Waals surface area contributed by atoms with Crippen molar-refractivity contribution in [2.75, 3.05) is 9.62 Å². The number of benzene rings is 2. The number of sulfonamides is 1. The van der Waals surface area contributed by atoms with Crippen molar-refractivity contribution >= 4 is 38.5 Å². The van der Waals surface area contributed by atoms with Crippen LogP contribution in [0.4, 0.5) is 11.4 Å². The lowest BCUT2D eigenvalue weighted by Gasteiger charge is -2.33. The van der Waals surface area contributed by atoms with Gasteiger partial charge in [-0.1, -0.05) is 36.4 Å². The number of hydrogen-bond donors (Lipinski definition) is 1. The topological polar surface area (TPSA) is 66.5 Å². The van der Waals surface area contributed by atoms with Crippen molar-refractivity contribution in [1.82, 2.24) is 0 Å². The summed E-state index contributed by atoms with van der Waals surface area (Å²) >= 11 is 1.47. The van der Waals surface area contributed by atoms with E-state index < -0.39 is 16.1 Å². The molecule has 0 spiro atoms.